The minimum Gasteiger partial charge on any atom is -0.381 e. The fraction of sp³-hybridized carbons (Fsp3) is 0.917. The topological polar surface area (TPSA) is 64.4 Å². The summed E-state index contributed by atoms with van der Waals surface area (Å²) in [6.45, 7) is 5.71. The van der Waals surface area contributed by atoms with E-state index in [1.165, 1.54) is 0 Å². The van der Waals surface area contributed by atoms with Crippen molar-refractivity contribution in [2.24, 2.45) is 11.7 Å². The van der Waals surface area contributed by atoms with Crippen molar-refractivity contribution in [2.75, 3.05) is 13.2 Å². The fourth-order valence-corrected chi connectivity index (χ4v) is 2.03. The third-order valence-corrected chi connectivity index (χ3v) is 3.33. The Morgan fingerprint density at radius 1 is 1.50 bits per heavy atom. The number of hydrogen-bond acceptors (Lipinski definition) is 3. The van der Waals surface area contributed by atoms with Crippen molar-refractivity contribution in [1.29, 1.82) is 0 Å². The van der Waals surface area contributed by atoms with E-state index in [0.717, 1.165) is 32.5 Å². The van der Waals surface area contributed by atoms with E-state index in [2.05, 4.69) is 12.2 Å². The highest BCUT2D eigenvalue weighted by atomic mass is 16.5. The zero-order valence-corrected chi connectivity index (χ0v) is 10.4. The first-order chi connectivity index (χ1) is 7.63. The molecule has 4 nitrogen and oxygen atoms in total. The molecular weight excluding hydrogens is 204 g/mol. The maximum Gasteiger partial charge on any atom is 0.221 e. The summed E-state index contributed by atoms with van der Waals surface area (Å²) in [4.78, 5) is 11.6. The average molecular weight is 228 g/mol. The predicted molar refractivity (Wildman–Crippen MR) is 64.0 cm³/mol. The summed E-state index contributed by atoms with van der Waals surface area (Å²) in [6, 6.07) is 0.224. The van der Waals surface area contributed by atoms with Crippen LogP contribution in [0.4, 0.5) is 0 Å². The fourth-order valence-electron chi connectivity index (χ4n) is 2.03. The summed E-state index contributed by atoms with van der Waals surface area (Å²) < 4.78 is 5.30. The SMILES string of the molecule is CCC(N)CC(=O)NC(C)C1CCOCC1. The summed E-state index contributed by atoms with van der Waals surface area (Å²) in [5.74, 6) is 0.629. The van der Waals surface area contributed by atoms with Crippen molar-refractivity contribution < 1.29 is 9.53 Å². The molecule has 1 saturated heterocycles. The summed E-state index contributed by atoms with van der Waals surface area (Å²) in [5, 5.41) is 3.04. The van der Waals surface area contributed by atoms with Crippen LogP contribution in [0.15, 0.2) is 0 Å². The highest BCUT2D eigenvalue weighted by Gasteiger charge is 2.22. The second-order valence-corrected chi connectivity index (χ2v) is 4.68. The first-order valence-corrected chi connectivity index (χ1v) is 6.26. The Kier molecular flexibility index (Phi) is 5.77. The molecule has 1 heterocycles. The number of hydrogen-bond donors (Lipinski definition) is 2. The summed E-state index contributed by atoms with van der Waals surface area (Å²) in [7, 11) is 0. The first kappa shape index (κ1) is 13.5. The lowest BCUT2D eigenvalue weighted by Crippen LogP contribution is -2.42. The van der Waals surface area contributed by atoms with Gasteiger partial charge in [0.15, 0.2) is 0 Å². The van der Waals surface area contributed by atoms with Gasteiger partial charge in [0.05, 0.1) is 0 Å². The van der Waals surface area contributed by atoms with Crippen molar-refractivity contribution in [3.05, 3.63) is 0 Å². The van der Waals surface area contributed by atoms with Gasteiger partial charge in [-0.25, -0.2) is 0 Å². The lowest BCUT2D eigenvalue weighted by atomic mass is 9.93. The van der Waals surface area contributed by atoms with E-state index in [1.54, 1.807) is 0 Å². The Labute approximate surface area is 97.9 Å². The Morgan fingerprint density at radius 2 is 2.12 bits per heavy atom. The van der Waals surface area contributed by atoms with Crippen LogP contribution in [0.5, 0.6) is 0 Å². The molecule has 1 fully saturated rings. The van der Waals surface area contributed by atoms with Gasteiger partial charge in [-0.15, -0.1) is 0 Å². The van der Waals surface area contributed by atoms with E-state index < -0.39 is 0 Å². The second kappa shape index (κ2) is 6.86. The zero-order chi connectivity index (χ0) is 12.0. The van der Waals surface area contributed by atoms with E-state index >= 15 is 0 Å². The normalized spacial score (nSPS) is 21.4. The van der Waals surface area contributed by atoms with Gasteiger partial charge in [-0.2, -0.15) is 0 Å². The molecular formula is C12H24N2O2. The first-order valence-electron chi connectivity index (χ1n) is 6.26. The molecule has 0 aromatic carbocycles. The van der Waals surface area contributed by atoms with Gasteiger partial charge in [-0.05, 0) is 32.1 Å². The van der Waals surface area contributed by atoms with E-state index in [4.69, 9.17) is 10.5 Å². The summed E-state index contributed by atoms with van der Waals surface area (Å²) in [6.07, 6.45) is 3.37. The van der Waals surface area contributed by atoms with Crippen LogP contribution in [0.1, 0.15) is 39.5 Å². The van der Waals surface area contributed by atoms with Crippen molar-refractivity contribution in [1.82, 2.24) is 5.32 Å². The summed E-state index contributed by atoms with van der Waals surface area (Å²) >= 11 is 0. The van der Waals surface area contributed by atoms with E-state index in [-0.39, 0.29) is 18.0 Å². The Hall–Kier alpha value is -0.610. The highest BCUT2D eigenvalue weighted by molar-refractivity contribution is 5.76. The van der Waals surface area contributed by atoms with Crippen LogP contribution in [0.3, 0.4) is 0 Å². The van der Waals surface area contributed by atoms with E-state index in [9.17, 15) is 4.79 Å². The van der Waals surface area contributed by atoms with Gasteiger partial charge in [-0.3, -0.25) is 4.79 Å². The lowest BCUT2D eigenvalue weighted by Gasteiger charge is -2.28. The van der Waals surface area contributed by atoms with Crippen LogP contribution >= 0.6 is 0 Å². The molecule has 0 bridgehead atoms. The molecule has 1 rings (SSSR count). The molecule has 1 aliphatic rings. The van der Waals surface area contributed by atoms with Crippen LogP contribution in [0.2, 0.25) is 0 Å². The molecule has 0 spiro atoms. The molecule has 0 aromatic heterocycles. The maximum atomic E-state index is 11.6. The molecule has 16 heavy (non-hydrogen) atoms. The smallest absolute Gasteiger partial charge is 0.221 e. The predicted octanol–water partition coefficient (Wildman–Crippen LogP) is 1.05. The molecule has 0 radical (unpaired) electrons. The van der Waals surface area contributed by atoms with Crippen molar-refractivity contribution >= 4 is 5.91 Å². The molecule has 1 aliphatic heterocycles. The van der Waals surface area contributed by atoms with Gasteiger partial charge in [-0.1, -0.05) is 6.92 Å². The molecule has 2 unspecified atom stereocenters. The van der Waals surface area contributed by atoms with Crippen molar-refractivity contribution in [3.63, 3.8) is 0 Å². The second-order valence-electron chi connectivity index (χ2n) is 4.68. The Morgan fingerprint density at radius 3 is 2.69 bits per heavy atom. The number of nitrogens with two attached hydrogens (primary N) is 1. The molecule has 3 N–H and O–H groups in total. The van der Waals surface area contributed by atoms with Gasteiger partial charge in [0.25, 0.3) is 0 Å². The monoisotopic (exact) mass is 228 g/mol. The molecule has 0 aliphatic carbocycles. The van der Waals surface area contributed by atoms with Crippen molar-refractivity contribution in [2.45, 2.75) is 51.6 Å². The number of ether oxygens (including phenoxy) is 1. The van der Waals surface area contributed by atoms with Gasteiger partial charge in [0.2, 0.25) is 5.91 Å². The number of rotatable bonds is 5. The van der Waals surface area contributed by atoms with Gasteiger partial charge in [0, 0.05) is 31.7 Å². The minimum atomic E-state index is -0.0121. The van der Waals surface area contributed by atoms with Gasteiger partial charge >= 0.3 is 0 Å². The lowest BCUT2D eigenvalue weighted by molar-refractivity contribution is -0.122. The molecule has 1 amide bonds. The van der Waals surface area contributed by atoms with E-state index in [0.29, 0.717) is 12.3 Å². The molecule has 2 atom stereocenters. The van der Waals surface area contributed by atoms with Crippen LogP contribution in [-0.4, -0.2) is 31.2 Å². The van der Waals surface area contributed by atoms with Crippen LogP contribution in [0, 0.1) is 5.92 Å². The van der Waals surface area contributed by atoms with Crippen LogP contribution < -0.4 is 11.1 Å². The summed E-state index contributed by atoms with van der Waals surface area (Å²) in [5.41, 5.74) is 5.75. The number of carbonyl (C=O) groups excluding carboxylic acids is 1. The molecule has 94 valence electrons. The third kappa shape index (κ3) is 4.49. The number of carbonyl (C=O) groups is 1. The minimum absolute atomic E-state index is 0.0121. The number of amides is 1. The zero-order valence-electron chi connectivity index (χ0n) is 10.4. The van der Waals surface area contributed by atoms with Crippen molar-refractivity contribution in [3.8, 4) is 0 Å². The number of nitrogens with one attached hydrogen (secondary N) is 1. The maximum absolute atomic E-state index is 11.6. The Balaban J connectivity index is 2.26. The quantitative estimate of drug-likeness (QED) is 0.739. The Bertz CT molecular complexity index is 215. The van der Waals surface area contributed by atoms with Crippen LogP contribution in [0.25, 0.3) is 0 Å². The third-order valence-electron chi connectivity index (χ3n) is 3.33. The van der Waals surface area contributed by atoms with Gasteiger partial charge in [0.1, 0.15) is 0 Å². The standard InChI is InChI=1S/C12H24N2O2/c1-3-11(13)8-12(15)14-9(2)10-4-6-16-7-5-10/h9-11H,3-8,13H2,1-2H3,(H,14,15). The molecule has 0 saturated carbocycles. The van der Waals surface area contributed by atoms with Crippen LogP contribution in [-0.2, 0) is 9.53 Å². The molecule has 0 aromatic rings. The highest BCUT2D eigenvalue weighted by Crippen LogP contribution is 2.18. The average Bonchev–Trinajstić information content (AvgIpc) is 2.29. The van der Waals surface area contributed by atoms with Gasteiger partial charge < -0.3 is 15.8 Å². The molecule has 4 heteroatoms. The van der Waals surface area contributed by atoms with E-state index in [1.807, 2.05) is 6.92 Å². The largest absolute Gasteiger partial charge is 0.381 e.